The van der Waals surface area contributed by atoms with Crippen molar-refractivity contribution in [2.24, 2.45) is 5.92 Å². The molecule has 1 unspecified atom stereocenters. The van der Waals surface area contributed by atoms with Crippen LogP contribution >= 0.6 is 0 Å². The zero-order valence-corrected chi connectivity index (χ0v) is 17.5. The van der Waals surface area contributed by atoms with E-state index < -0.39 is 8.32 Å². The monoisotopic (exact) mass is 367 g/mol. The summed E-state index contributed by atoms with van der Waals surface area (Å²) in [6.07, 6.45) is 5.21. The SMILES string of the molecule is C=C(C)[C@@H]1CC=C(C(O[Si](C)(C)C)C(C)=[N-])CC1.[Br-].[Mg+2]. The molecule has 0 aromatic carbocycles. The average molecular weight is 369 g/mol. The molecule has 0 saturated carbocycles. The van der Waals surface area contributed by atoms with E-state index in [4.69, 9.17) is 4.43 Å². The van der Waals surface area contributed by atoms with E-state index >= 15 is 0 Å². The van der Waals surface area contributed by atoms with Gasteiger partial charge in [0.05, 0.1) is 6.10 Å². The van der Waals surface area contributed by atoms with E-state index in [2.05, 4.69) is 39.2 Å². The topological polar surface area (TPSA) is 31.5 Å². The van der Waals surface area contributed by atoms with Crippen molar-refractivity contribution in [2.45, 2.75) is 58.9 Å². The minimum Gasteiger partial charge on any atom is -1.00 e. The van der Waals surface area contributed by atoms with Gasteiger partial charge in [-0.2, -0.15) is 5.71 Å². The van der Waals surface area contributed by atoms with Gasteiger partial charge in [0, 0.05) is 0 Å². The van der Waals surface area contributed by atoms with Crippen LogP contribution in [-0.4, -0.2) is 43.2 Å². The van der Waals surface area contributed by atoms with Crippen LogP contribution in [0.15, 0.2) is 23.8 Å². The number of hydrogen-bond acceptors (Lipinski definition) is 1. The Morgan fingerprint density at radius 3 is 2.25 bits per heavy atom. The number of allylic oxidation sites excluding steroid dienone is 2. The van der Waals surface area contributed by atoms with Crippen LogP contribution in [0.1, 0.15) is 33.1 Å². The molecule has 0 spiro atoms. The van der Waals surface area contributed by atoms with E-state index in [0.717, 1.165) is 19.3 Å². The normalized spacial score (nSPS) is 20.1. The Morgan fingerprint density at radius 1 is 1.40 bits per heavy atom. The Hall–Kier alpha value is 0.573. The quantitative estimate of drug-likeness (QED) is 0.407. The van der Waals surface area contributed by atoms with E-state index in [0.29, 0.717) is 11.6 Å². The van der Waals surface area contributed by atoms with E-state index in [1.165, 1.54) is 11.1 Å². The molecule has 0 N–H and O–H groups in total. The Morgan fingerprint density at radius 2 is 1.95 bits per heavy atom. The standard InChI is InChI=1S/C15H26NOSi.BrH.Mg/c1-11(2)13-7-9-14(10-8-13)15(12(3)16)17-18(4,5)6;;/h9,13,15H,1,7-8,10H2,2-6H3;1H;/q-1;;+2/p-1/t13-,15?;;/m1../s1. The van der Waals surface area contributed by atoms with Gasteiger partial charge in [-0.1, -0.05) is 25.2 Å². The first-order valence-corrected chi connectivity index (χ1v) is 10.2. The van der Waals surface area contributed by atoms with Crippen LogP contribution in [0.3, 0.4) is 0 Å². The molecule has 2 nitrogen and oxygen atoms in total. The van der Waals surface area contributed by atoms with Crippen LogP contribution in [0, 0.1) is 5.92 Å². The fourth-order valence-electron chi connectivity index (χ4n) is 2.32. The summed E-state index contributed by atoms with van der Waals surface area (Å²) >= 11 is 0. The second-order valence-electron chi connectivity index (χ2n) is 6.35. The van der Waals surface area contributed by atoms with Gasteiger partial charge < -0.3 is 26.8 Å². The molecule has 0 aromatic rings. The van der Waals surface area contributed by atoms with Gasteiger partial charge >= 0.3 is 23.1 Å². The second kappa shape index (κ2) is 9.56. The number of rotatable bonds is 5. The Kier molecular flexibility index (Phi) is 10.9. The molecule has 20 heavy (non-hydrogen) atoms. The van der Waals surface area contributed by atoms with E-state index in [9.17, 15) is 5.41 Å². The van der Waals surface area contributed by atoms with Gasteiger partial charge in [-0.25, -0.2) is 0 Å². The Bertz CT molecular complexity index is 377. The molecule has 0 saturated heterocycles. The second-order valence-corrected chi connectivity index (χ2v) is 10.8. The zero-order valence-electron chi connectivity index (χ0n) is 13.5. The van der Waals surface area contributed by atoms with Crippen LogP contribution in [0.5, 0.6) is 0 Å². The van der Waals surface area contributed by atoms with Crippen molar-refractivity contribution in [3.63, 3.8) is 0 Å². The molecular formula is C15H26BrMgNOSi. The van der Waals surface area contributed by atoms with Crippen molar-refractivity contribution >= 4 is 37.1 Å². The molecule has 0 aromatic heterocycles. The van der Waals surface area contributed by atoms with Crippen LogP contribution < -0.4 is 17.0 Å². The van der Waals surface area contributed by atoms with Crippen LogP contribution in [0.2, 0.25) is 19.6 Å². The molecule has 1 aliphatic rings. The Labute approximate surface area is 152 Å². The fraction of sp³-hybridized carbons (Fsp3) is 0.667. The maximum Gasteiger partial charge on any atom is 2.00 e. The zero-order chi connectivity index (χ0) is 13.9. The minimum absolute atomic E-state index is 0. The largest absolute Gasteiger partial charge is 2.00 e. The summed E-state index contributed by atoms with van der Waals surface area (Å²) in [5.74, 6) is 0.597. The molecule has 0 heterocycles. The van der Waals surface area contributed by atoms with E-state index in [1.807, 2.05) is 0 Å². The molecule has 2 atom stereocenters. The van der Waals surface area contributed by atoms with Gasteiger partial charge in [0.15, 0.2) is 8.32 Å². The van der Waals surface area contributed by atoms with Gasteiger partial charge in [-0.05, 0) is 57.3 Å². The van der Waals surface area contributed by atoms with Gasteiger partial charge in [0.1, 0.15) is 0 Å². The van der Waals surface area contributed by atoms with Gasteiger partial charge in [0.2, 0.25) is 0 Å². The molecular weight excluding hydrogens is 342 g/mol. The maximum absolute atomic E-state index is 9.86. The predicted molar refractivity (Wildman–Crippen MR) is 88.3 cm³/mol. The molecule has 0 fully saturated rings. The predicted octanol–water partition coefficient (Wildman–Crippen LogP) is 1.16. The van der Waals surface area contributed by atoms with Gasteiger partial charge in [-0.15, -0.1) is 0 Å². The van der Waals surface area contributed by atoms with E-state index in [-0.39, 0.29) is 46.1 Å². The molecule has 110 valence electrons. The molecule has 0 aliphatic heterocycles. The summed E-state index contributed by atoms with van der Waals surface area (Å²) in [5, 5.41) is 9.86. The number of halogens is 1. The molecule has 0 radical (unpaired) electrons. The summed E-state index contributed by atoms with van der Waals surface area (Å²) in [5.41, 5.74) is 2.89. The summed E-state index contributed by atoms with van der Waals surface area (Å²) in [7, 11) is -1.65. The smallest absolute Gasteiger partial charge is 1.00 e. The molecule has 1 aliphatic carbocycles. The third kappa shape index (κ3) is 7.54. The number of hydrogen-bond donors (Lipinski definition) is 0. The van der Waals surface area contributed by atoms with Gasteiger partial charge in [-0.3, -0.25) is 0 Å². The van der Waals surface area contributed by atoms with Crippen LogP contribution in [0.4, 0.5) is 0 Å². The summed E-state index contributed by atoms with van der Waals surface area (Å²) in [6.45, 7) is 14.3. The van der Waals surface area contributed by atoms with Crippen molar-refractivity contribution in [2.75, 3.05) is 0 Å². The molecule has 0 bridgehead atoms. The van der Waals surface area contributed by atoms with Crippen LogP contribution in [0.25, 0.3) is 5.41 Å². The third-order valence-corrected chi connectivity index (χ3v) is 4.27. The fourth-order valence-corrected chi connectivity index (χ4v) is 3.35. The van der Waals surface area contributed by atoms with Crippen molar-refractivity contribution in [3.05, 3.63) is 29.2 Å². The Balaban J connectivity index is 0. The summed E-state index contributed by atoms with van der Waals surface area (Å²) < 4.78 is 6.10. The third-order valence-electron chi connectivity index (χ3n) is 3.33. The van der Waals surface area contributed by atoms with Crippen molar-refractivity contribution in [1.29, 1.82) is 0 Å². The maximum atomic E-state index is 9.86. The molecule has 0 amide bonds. The summed E-state index contributed by atoms with van der Waals surface area (Å²) in [4.78, 5) is 0. The number of nitrogens with zero attached hydrogens (tertiary/aromatic N) is 1. The molecule has 1 rings (SSSR count). The first kappa shape index (κ1) is 22.8. The first-order valence-electron chi connectivity index (χ1n) is 6.75. The van der Waals surface area contributed by atoms with Crippen molar-refractivity contribution < 1.29 is 21.4 Å². The van der Waals surface area contributed by atoms with Crippen molar-refractivity contribution in [3.8, 4) is 0 Å². The van der Waals surface area contributed by atoms with Crippen molar-refractivity contribution in [1.82, 2.24) is 0 Å². The summed E-state index contributed by atoms with van der Waals surface area (Å²) in [6, 6.07) is 0. The minimum atomic E-state index is -1.65. The van der Waals surface area contributed by atoms with Gasteiger partial charge in [0.25, 0.3) is 0 Å². The average Bonchev–Trinajstić information content (AvgIpc) is 2.24. The first-order chi connectivity index (χ1) is 8.20. The van der Waals surface area contributed by atoms with E-state index in [1.54, 1.807) is 6.92 Å². The van der Waals surface area contributed by atoms with Crippen LogP contribution in [-0.2, 0) is 4.43 Å². The molecule has 5 heteroatoms.